The van der Waals surface area contributed by atoms with Gasteiger partial charge in [0.1, 0.15) is 0 Å². The van der Waals surface area contributed by atoms with E-state index in [2.05, 4.69) is 15.5 Å². The van der Waals surface area contributed by atoms with Crippen molar-refractivity contribution in [2.75, 3.05) is 0 Å². The second kappa shape index (κ2) is 6.56. The minimum Gasteiger partial charge on any atom is -0.358 e. The average molecular weight is 327 g/mol. The van der Waals surface area contributed by atoms with Gasteiger partial charge < -0.3 is 15.4 Å². The standard InChI is InChI=1S/C12H15ClN6O3/c1-8-5-11(19(21)22)16-18(8)4-3-12(20)14-7-10-9(13)6-15-17(10)2/h5-6H,3-4,7H2,1-2H3,(H,14,20). The first-order valence-corrected chi connectivity index (χ1v) is 6.88. The van der Waals surface area contributed by atoms with Crippen molar-refractivity contribution in [2.24, 2.45) is 7.05 Å². The topological polar surface area (TPSA) is 108 Å². The number of nitro groups is 1. The van der Waals surface area contributed by atoms with Crippen LogP contribution in [0.25, 0.3) is 0 Å². The normalized spacial score (nSPS) is 10.7. The predicted octanol–water partition coefficient (Wildman–Crippen LogP) is 1.19. The fourth-order valence-electron chi connectivity index (χ4n) is 1.92. The Morgan fingerprint density at radius 2 is 2.27 bits per heavy atom. The molecule has 0 aliphatic heterocycles. The van der Waals surface area contributed by atoms with E-state index >= 15 is 0 Å². The third-order valence-electron chi connectivity index (χ3n) is 3.17. The highest BCUT2D eigenvalue weighted by atomic mass is 35.5. The van der Waals surface area contributed by atoms with Crippen molar-refractivity contribution in [2.45, 2.75) is 26.4 Å². The smallest absolute Gasteiger partial charge is 0.358 e. The van der Waals surface area contributed by atoms with E-state index in [0.29, 0.717) is 16.4 Å². The van der Waals surface area contributed by atoms with Crippen LogP contribution in [0.1, 0.15) is 17.8 Å². The fourth-order valence-corrected chi connectivity index (χ4v) is 2.15. The minimum absolute atomic E-state index is 0.162. The maximum Gasteiger partial charge on any atom is 0.390 e. The number of carbonyl (C=O) groups excluding carboxylic acids is 1. The van der Waals surface area contributed by atoms with Crippen LogP contribution in [-0.2, 0) is 24.9 Å². The number of nitrogens with one attached hydrogen (secondary N) is 1. The Kier molecular flexibility index (Phi) is 4.76. The summed E-state index contributed by atoms with van der Waals surface area (Å²) in [4.78, 5) is 21.9. The summed E-state index contributed by atoms with van der Waals surface area (Å²) in [5, 5.41) is 21.6. The molecule has 0 fully saturated rings. The van der Waals surface area contributed by atoms with Gasteiger partial charge in [0.25, 0.3) is 0 Å². The van der Waals surface area contributed by atoms with Gasteiger partial charge in [-0.15, -0.1) is 0 Å². The molecule has 1 amide bonds. The first-order valence-electron chi connectivity index (χ1n) is 6.50. The Hall–Kier alpha value is -2.42. The van der Waals surface area contributed by atoms with Crippen LogP contribution in [0.5, 0.6) is 0 Å². The summed E-state index contributed by atoms with van der Waals surface area (Å²) in [5.74, 6) is -0.422. The number of aryl methyl sites for hydroxylation is 3. The Balaban J connectivity index is 1.87. The highest BCUT2D eigenvalue weighted by Crippen LogP contribution is 2.14. The van der Waals surface area contributed by atoms with Gasteiger partial charge in [-0.05, 0) is 11.8 Å². The van der Waals surface area contributed by atoms with E-state index in [0.717, 1.165) is 0 Å². The zero-order valence-corrected chi connectivity index (χ0v) is 12.9. The van der Waals surface area contributed by atoms with E-state index in [1.165, 1.54) is 16.9 Å². The highest BCUT2D eigenvalue weighted by Gasteiger charge is 2.16. The molecule has 2 aromatic rings. The molecule has 118 valence electrons. The summed E-state index contributed by atoms with van der Waals surface area (Å²) in [5.41, 5.74) is 1.34. The Morgan fingerprint density at radius 3 is 2.82 bits per heavy atom. The van der Waals surface area contributed by atoms with E-state index in [4.69, 9.17) is 11.6 Å². The number of rotatable bonds is 6. The number of hydrogen-bond acceptors (Lipinski definition) is 5. The first kappa shape index (κ1) is 16.0. The van der Waals surface area contributed by atoms with Crippen molar-refractivity contribution >= 4 is 23.3 Å². The van der Waals surface area contributed by atoms with Crippen LogP contribution >= 0.6 is 11.6 Å². The number of hydrogen-bond donors (Lipinski definition) is 1. The molecule has 0 saturated carbocycles. The van der Waals surface area contributed by atoms with Crippen LogP contribution in [0.4, 0.5) is 5.82 Å². The third-order valence-corrected chi connectivity index (χ3v) is 3.49. The molecular weight excluding hydrogens is 312 g/mol. The average Bonchev–Trinajstić information content (AvgIpc) is 2.98. The second-order valence-electron chi connectivity index (χ2n) is 4.71. The lowest BCUT2D eigenvalue weighted by molar-refractivity contribution is -0.389. The summed E-state index contributed by atoms with van der Waals surface area (Å²) in [6.07, 6.45) is 1.67. The van der Waals surface area contributed by atoms with Crippen molar-refractivity contribution in [1.29, 1.82) is 0 Å². The molecule has 0 radical (unpaired) electrons. The zero-order chi connectivity index (χ0) is 16.3. The molecular formula is C12H15ClN6O3. The van der Waals surface area contributed by atoms with E-state index in [-0.39, 0.29) is 31.2 Å². The third kappa shape index (κ3) is 3.61. The maximum atomic E-state index is 11.8. The van der Waals surface area contributed by atoms with Gasteiger partial charge in [-0.3, -0.25) is 9.48 Å². The number of carbonyl (C=O) groups is 1. The van der Waals surface area contributed by atoms with Crippen LogP contribution in [-0.4, -0.2) is 30.4 Å². The van der Waals surface area contributed by atoms with Crippen molar-refractivity contribution in [3.63, 3.8) is 0 Å². The van der Waals surface area contributed by atoms with Gasteiger partial charge in [0.05, 0.1) is 46.9 Å². The van der Waals surface area contributed by atoms with Crippen molar-refractivity contribution in [3.8, 4) is 0 Å². The van der Waals surface area contributed by atoms with E-state index in [1.54, 1.807) is 18.7 Å². The monoisotopic (exact) mass is 326 g/mol. The molecule has 2 rings (SSSR count). The summed E-state index contributed by atoms with van der Waals surface area (Å²) in [6.45, 7) is 2.24. The molecule has 0 atom stereocenters. The molecule has 0 unspecified atom stereocenters. The van der Waals surface area contributed by atoms with Gasteiger partial charge in [0.2, 0.25) is 5.91 Å². The lowest BCUT2D eigenvalue weighted by Crippen LogP contribution is -2.25. The maximum absolute atomic E-state index is 11.8. The molecule has 0 aromatic carbocycles. The van der Waals surface area contributed by atoms with Gasteiger partial charge in [-0.1, -0.05) is 11.6 Å². The molecule has 2 aromatic heterocycles. The van der Waals surface area contributed by atoms with Crippen molar-refractivity contribution < 1.29 is 9.72 Å². The molecule has 9 nitrogen and oxygen atoms in total. The number of halogens is 1. The molecule has 22 heavy (non-hydrogen) atoms. The molecule has 0 aliphatic carbocycles. The number of amides is 1. The summed E-state index contributed by atoms with van der Waals surface area (Å²) in [6, 6.07) is 1.37. The van der Waals surface area contributed by atoms with E-state index < -0.39 is 4.92 Å². The minimum atomic E-state index is -0.562. The fraction of sp³-hybridized carbons (Fsp3) is 0.417. The lowest BCUT2D eigenvalue weighted by Gasteiger charge is -2.06. The Morgan fingerprint density at radius 1 is 1.55 bits per heavy atom. The molecule has 10 heteroatoms. The van der Waals surface area contributed by atoms with Gasteiger partial charge >= 0.3 is 5.82 Å². The van der Waals surface area contributed by atoms with Crippen LogP contribution in [0.2, 0.25) is 5.02 Å². The summed E-state index contributed by atoms with van der Waals surface area (Å²) < 4.78 is 3.03. The van der Waals surface area contributed by atoms with Crippen LogP contribution < -0.4 is 5.32 Å². The van der Waals surface area contributed by atoms with Gasteiger partial charge in [0, 0.05) is 13.5 Å². The van der Waals surface area contributed by atoms with Crippen LogP contribution in [0.15, 0.2) is 12.3 Å². The Bertz CT molecular complexity index is 688. The molecule has 2 heterocycles. The second-order valence-corrected chi connectivity index (χ2v) is 5.12. The van der Waals surface area contributed by atoms with Gasteiger partial charge in [0.15, 0.2) is 0 Å². The molecule has 0 bridgehead atoms. The zero-order valence-electron chi connectivity index (χ0n) is 12.1. The highest BCUT2D eigenvalue weighted by molar-refractivity contribution is 6.31. The predicted molar refractivity (Wildman–Crippen MR) is 78.3 cm³/mol. The Labute approximate surface area is 131 Å². The van der Waals surface area contributed by atoms with Crippen LogP contribution in [0.3, 0.4) is 0 Å². The SMILES string of the molecule is Cc1cc([N+](=O)[O-])nn1CCC(=O)NCc1c(Cl)cnn1C. The summed E-state index contributed by atoms with van der Waals surface area (Å²) >= 11 is 5.94. The lowest BCUT2D eigenvalue weighted by atomic mass is 10.3. The van der Waals surface area contributed by atoms with E-state index in [9.17, 15) is 14.9 Å². The summed E-state index contributed by atoms with van der Waals surface area (Å²) in [7, 11) is 1.74. The molecule has 0 aliphatic rings. The van der Waals surface area contributed by atoms with Crippen LogP contribution in [0, 0.1) is 17.0 Å². The number of aromatic nitrogens is 4. The van der Waals surface area contributed by atoms with E-state index in [1.807, 2.05) is 0 Å². The molecule has 1 N–H and O–H groups in total. The molecule has 0 saturated heterocycles. The largest absolute Gasteiger partial charge is 0.390 e. The first-order chi connectivity index (χ1) is 10.4. The quantitative estimate of drug-likeness (QED) is 0.633. The van der Waals surface area contributed by atoms with Crippen molar-refractivity contribution in [1.82, 2.24) is 24.9 Å². The van der Waals surface area contributed by atoms with Gasteiger partial charge in [-0.25, -0.2) is 0 Å². The molecule has 0 spiro atoms. The van der Waals surface area contributed by atoms with Gasteiger partial charge in [-0.2, -0.15) is 9.78 Å². The van der Waals surface area contributed by atoms with Crippen molar-refractivity contribution in [3.05, 3.63) is 38.8 Å². The number of nitrogens with zero attached hydrogens (tertiary/aromatic N) is 5.